The molecule has 2 rings (SSSR count). The van der Waals surface area contributed by atoms with E-state index in [9.17, 15) is 22.8 Å². The Morgan fingerprint density at radius 2 is 1.93 bits per heavy atom. The Bertz CT molecular complexity index is 879. The molecule has 9 nitrogen and oxygen atoms in total. The van der Waals surface area contributed by atoms with Crippen molar-refractivity contribution in [2.45, 2.75) is 38.7 Å². The summed E-state index contributed by atoms with van der Waals surface area (Å²) in [5.74, 6) is -1.47. The van der Waals surface area contributed by atoms with Gasteiger partial charge in [0.05, 0.1) is 10.5 Å². The van der Waals surface area contributed by atoms with Crippen LogP contribution in [0, 0.1) is 6.92 Å². The number of hydrogen-bond acceptors (Lipinski definition) is 6. The number of carbonyl (C=O) groups excluding carboxylic acids is 3. The second-order valence-corrected chi connectivity index (χ2v) is 8.25. The van der Waals surface area contributed by atoms with Crippen LogP contribution in [0.5, 0.6) is 0 Å². The highest BCUT2D eigenvalue weighted by molar-refractivity contribution is 7.89. The van der Waals surface area contributed by atoms with Gasteiger partial charge in [0.1, 0.15) is 0 Å². The molecule has 0 saturated carbocycles. The molecule has 0 radical (unpaired) electrons. The van der Waals surface area contributed by atoms with Crippen molar-refractivity contribution in [1.82, 2.24) is 14.5 Å². The third-order valence-electron chi connectivity index (χ3n) is 4.50. The van der Waals surface area contributed by atoms with Crippen LogP contribution in [0.15, 0.2) is 23.1 Å². The number of urea groups is 1. The molecule has 1 unspecified atom stereocenters. The predicted octanol–water partition coefficient (Wildman–Crippen LogP) is 1.12. The van der Waals surface area contributed by atoms with Gasteiger partial charge < -0.3 is 10.1 Å². The van der Waals surface area contributed by atoms with Gasteiger partial charge in [-0.25, -0.2) is 18.0 Å². The van der Waals surface area contributed by atoms with Crippen LogP contribution in [-0.2, 0) is 19.6 Å². The largest absolute Gasteiger partial charge is 0.449 e. The van der Waals surface area contributed by atoms with E-state index >= 15 is 0 Å². The fraction of sp³-hybridized carbons (Fsp3) is 0.500. The van der Waals surface area contributed by atoms with E-state index < -0.39 is 34.0 Å². The van der Waals surface area contributed by atoms with E-state index in [1.54, 1.807) is 20.8 Å². The van der Waals surface area contributed by atoms with Gasteiger partial charge in [-0.1, -0.05) is 19.9 Å². The van der Waals surface area contributed by atoms with E-state index in [2.05, 4.69) is 5.32 Å². The number of nitrogens with zero attached hydrogens (tertiary/aromatic N) is 2. The van der Waals surface area contributed by atoms with Gasteiger partial charge in [0.15, 0.2) is 6.10 Å². The molecule has 1 heterocycles. The number of hydrogen-bond donors (Lipinski definition) is 1. The molecular weight excluding hydrogens is 386 g/mol. The number of benzene rings is 1. The maximum absolute atomic E-state index is 12.8. The van der Waals surface area contributed by atoms with E-state index in [4.69, 9.17) is 4.74 Å². The molecule has 0 aromatic heterocycles. The summed E-state index contributed by atoms with van der Waals surface area (Å²) in [7, 11) is -3.76. The standard InChI is InChI=1S/C18H25N3O6S/c1-5-20(6-2)28(25,26)15-11-14(8-7-12(15)3)17(23)27-13(4)16(22)21-10-9-19-18(21)24/h7-8,11,13H,5-6,9-10H2,1-4H3,(H,19,24). The normalized spacial score (nSPS) is 15.5. The van der Waals surface area contributed by atoms with Crippen molar-refractivity contribution in [3.05, 3.63) is 29.3 Å². The number of esters is 1. The van der Waals surface area contributed by atoms with Crippen LogP contribution in [0.4, 0.5) is 4.79 Å². The Labute approximate surface area is 164 Å². The number of amides is 3. The highest BCUT2D eigenvalue weighted by atomic mass is 32.2. The second-order valence-electron chi connectivity index (χ2n) is 6.34. The van der Waals surface area contributed by atoms with Gasteiger partial charge in [0.25, 0.3) is 5.91 Å². The smallest absolute Gasteiger partial charge is 0.338 e. The Kier molecular flexibility index (Phi) is 6.78. The monoisotopic (exact) mass is 411 g/mol. The first-order valence-corrected chi connectivity index (χ1v) is 10.5. The molecule has 0 bridgehead atoms. The van der Waals surface area contributed by atoms with Gasteiger partial charge in [-0.3, -0.25) is 9.69 Å². The van der Waals surface area contributed by atoms with Crippen LogP contribution >= 0.6 is 0 Å². The minimum Gasteiger partial charge on any atom is -0.449 e. The van der Waals surface area contributed by atoms with E-state index in [0.717, 1.165) is 4.90 Å². The van der Waals surface area contributed by atoms with Gasteiger partial charge in [-0.05, 0) is 31.5 Å². The summed E-state index contributed by atoms with van der Waals surface area (Å²) >= 11 is 0. The molecule has 1 aliphatic rings. The number of rotatable bonds is 7. The lowest BCUT2D eigenvalue weighted by atomic mass is 10.1. The maximum Gasteiger partial charge on any atom is 0.338 e. The fourth-order valence-electron chi connectivity index (χ4n) is 2.89. The third-order valence-corrected chi connectivity index (χ3v) is 6.69. The fourth-order valence-corrected chi connectivity index (χ4v) is 4.60. The summed E-state index contributed by atoms with van der Waals surface area (Å²) in [5.41, 5.74) is 0.517. The van der Waals surface area contributed by atoms with E-state index in [-0.39, 0.29) is 17.0 Å². The molecule has 0 spiro atoms. The summed E-state index contributed by atoms with van der Waals surface area (Å²) in [6, 6.07) is 3.69. The zero-order valence-electron chi connectivity index (χ0n) is 16.4. The predicted molar refractivity (Wildman–Crippen MR) is 101 cm³/mol. The highest BCUT2D eigenvalue weighted by Crippen LogP contribution is 2.22. The quantitative estimate of drug-likeness (QED) is 0.673. The molecule has 154 valence electrons. The summed E-state index contributed by atoms with van der Waals surface area (Å²) in [6.45, 7) is 7.63. The summed E-state index contributed by atoms with van der Waals surface area (Å²) in [4.78, 5) is 37.3. The Balaban J connectivity index is 2.22. The average molecular weight is 411 g/mol. The lowest BCUT2D eigenvalue weighted by molar-refractivity contribution is -0.136. The van der Waals surface area contributed by atoms with Crippen molar-refractivity contribution in [3.8, 4) is 0 Å². The number of sulfonamides is 1. The van der Waals surface area contributed by atoms with Gasteiger partial charge in [0, 0.05) is 26.2 Å². The van der Waals surface area contributed by atoms with Gasteiger partial charge in [-0.2, -0.15) is 4.31 Å². The molecule has 28 heavy (non-hydrogen) atoms. The molecule has 3 amide bonds. The lowest BCUT2D eigenvalue weighted by Gasteiger charge is -2.21. The minimum atomic E-state index is -3.76. The summed E-state index contributed by atoms with van der Waals surface area (Å²) in [5, 5.41) is 2.50. The summed E-state index contributed by atoms with van der Waals surface area (Å²) < 4.78 is 32.1. The Hall–Kier alpha value is -2.46. The van der Waals surface area contributed by atoms with Crippen molar-refractivity contribution >= 4 is 27.9 Å². The number of ether oxygens (including phenoxy) is 1. The van der Waals surface area contributed by atoms with Gasteiger partial charge >= 0.3 is 12.0 Å². The van der Waals surface area contributed by atoms with Crippen LogP contribution in [0.25, 0.3) is 0 Å². The molecule has 1 aliphatic heterocycles. The molecule has 1 aromatic rings. The summed E-state index contributed by atoms with van der Waals surface area (Å²) in [6.07, 6.45) is -1.18. The van der Waals surface area contributed by atoms with E-state index in [0.29, 0.717) is 25.2 Å². The van der Waals surface area contributed by atoms with Crippen LogP contribution in [0.2, 0.25) is 0 Å². The highest BCUT2D eigenvalue weighted by Gasteiger charge is 2.32. The Morgan fingerprint density at radius 3 is 2.46 bits per heavy atom. The van der Waals surface area contributed by atoms with Crippen LogP contribution in [-0.4, -0.2) is 67.8 Å². The molecule has 1 saturated heterocycles. The number of carbonyl (C=O) groups is 3. The van der Waals surface area contributed by atoms with Gasteiger partial charge in [0.2, 0.25) is 10.0 Å². The molecule has 1 atom stereocenters. The molecule has 1 N–H and O–H groups in total. The number of aryl methyl sites for hydroxylation is 1. The SMILES string of the molecule is CCN(CC)S(=O)(=O)c1cc(C(=O)OC(C)C(=O)N2CCNC2=O)ccc1C. The zero-order chi connectivity index (χ0) is 21.1. The second kappa shape index (κ2) is 8.70. The average Bonchev–Trinajstić information content (AvgIpc) is 3.07. The lowest BCUT2D eigenvalue weighted by Crippen LogP contribution is -2.41. The molecular formula is C18H25N3O6S. The van der Waals surface area contributed by atoms with Crippen molar-refractivity contribution in [2.75, 3.05) is 26.2 Å². The molecule has 1 fully saturated rings. The van der Waals surface area contributed by atoms with Crippen LogP contribution < -0.4 is 5.32 Å². The molecule has 0 aliphatic carbocycles. The molecule has 10 heteroatoms. The molecule has 1 aromatic carbocycles. The van der Waals surface area contributed by atoms with Crippen LogP contribution in [0.3, 0.4) is 0 Å². The van der Waals surface area contributed by atoms with E-state index in [1.807, 2.05) is 0 Å². The van der Waals surface area contributed by atoms with Gasteiger partial charge in [-0.15, -0.1) is 0 Å². The zero-order valence-corrected chi connectivity index (χ0v) is 17.2. The topological polar surface area (TPSA) is 113 Å². The third kappa shape index (κ3) is 4.33. The minimum absolute atomic E-state index is 0.0156. The first-order chi connectivity index (χ1) is 13.1. The van der Waals surface area contributed by atoms with Crippen molar-refractivity contribution in [3.63, 3.8) is 0 Å². The van der Waals surface area contributed by atoms with Crippen molar-refractivity contribution in [2.24, 2.45) is 0 Å². The first kappa shape index (κ1) is 21.8. The number of nitrogens with one attached hydrogen (secondary N) is 1. The first-order valence-electron chi connectivity index (χ1n) is 9.04. The Morgan fingerprint density at radius 1 is 1.29 bits per heavy atom. The van der Waals surface area contributed by atoms with Crippen molar-refractivity contribution < 1.29 is 27.5 Å². The van der Waals surface area contributed by atoms with E-state index in [1.165, 1.54) is 29.4 Å². The maximum atomic E-state index is 12.8. The number of imide groups is 1. The van der Waals surface area contributed by atoms with Crippen molar-refractivity contribution in [1.29, 1.82) is 0 Å². The van der Waals surface area contributed by atoms with Crippen LogP contribution in [0.1, 0.15) is 36.7 Å².